The number of aromatic nitrogens is 4. The number of carbonyl (C=O) groups excluding carboxylic acids is 1. The molecule has 2 aliphatic rings. The quantitative estimate of drug-likeness (QED) is 0.754. The van der Waals surface area contributed by atoms with Crippen molar-refractivity contribution in [1.29, 1.82) is 0 Å². The molecule has 30 heavy (non-hydrogen) atoms. The Morgan fingerprint density at radius 2 is 2.10 bits per heavy atom. The second kappa shape index (κ2) is 8.08. The summed E-state index contributed by atoms with van der Waals surface area (Å²) < 4.78 is 27.7. The topological polar surface area (TPSA) is 85.6 Å². The molecule has 162 valence electrons. The molecule has 0 spiro atoms. The highest BCUT2D eigenvalue weighted by Gasteiger charge is 2.35. The zero-order valence-corrected chi connectivity index (χ0v) is 17.7. The first-order valence-corrected chi connectivity index (χ1v) is 10.2. The van der Waals surface area contributed by atoms with E-state index in [1.54, 1.807) is 13.8 Å². The van der Waals surface area contributed by atoms with E-state index in [9.17, 15) is 9.18 Å². The van der Waals surface area contributed by atoms with Crippen molar-refractivity contribution in [3.05, 3.63) is 29.3 Å². The number of nitrogens with zero attached hydrogens (tertiary/aromatic N) is 6. The number of hydrogen-bond donors (Lipinski definition) is 0. The van der Waals surface area contributed by atoms with Gasteiger partial charge in [-0.1, -0.05) is 0 Å². The van der Waals surface area contributed by atoms with Gasteiger partial charge in [-0.2, -0.15) is 5.10 Å². The van der Waals surface area contributed by atoms with E-state index >= 15 is 0 Å². The molecule has 0 N–H and O–H groups in total. The van der Waals surface area contributed by atoms with Crippen LogP contribution in [0, 0.1) is 6.92 Å². The number of likely N-dealkylation sites (tertiary alicyclic amines) is 1. The van der Waals surface area contributed by atoms with Gasteiger partial charge in [0.25, 0.3) is 0 Å². The number of piperidine rings is 1. The number of rotatable bonds is 4. The predicted molar refractivity (Wildman–Crippen MR) is 107 cm³/mol. The summed E-state index contributed by atoms with van der Waals surface area (Å²) in [6.45, 7) is 7.16. The molecule has 9 nitrogen and oxygen atoms in total. The van der Waals surface area contributed by atoms with Crippen LogP contribution in [0.3, 0.4) is 0 Å². The summed E-state index contributed by atoms with van der Waals surface area (Å²) in [7, 11) is 1.93. The minimum absolute atomic E-state index is 0.0539. The highest BCUT2D eigenvalue weighted by molar-refractivity contribution is 5.68. The maximum absolute atomic E-state index is 14.8. The van der Waals surface area contributed by atoms with E-state index < -0.39 is 18.4 Å². The first kappa shape index (κ1) is 20.4. The van der Waals surface area contributed by atoms with E-state index in [2.05, 4.69) is 20.0 Å². The molecule has 2 atom stereocenters. The first-order valence-electron chi connectivity index (χ1n) is 10.2. The Balaban J connectivity index is 1.42. The van der Waals surface area contributed by atoms with Crippen molar-refractivity contribution in [2.24, 2.45) is 7.05 Å². The molecule has 1 fully saturated rings. The van der Waals surface area contributed by atoms with Crippen LogP contribution in [0.15, 0.2) is 12.5 Å². The summed E-state index contributed by atoms with van der Waals surface area (Å²) in [6, 6.07) is 0. The van der Waals surface area contributed by atoms with Crippen LogP contribution >= 0.6 is 0 Å². The summed E-state index contributed by atoms with van der Waals surface area (Å²) in [6.07, 6.45) is 0.964. The smallest absolute Gasteiger partial charge is 0.410 e. The van der Waals surface area contributed by atoms with Gasteiger partial charge in [-0.25, -0.2) is 19.2 Å². The highest BCUT2D eigenvalue weighted by atomic mass is 19.1. The van der Waals surface area contributed by atoms with Crippen molar-refractivity contribution >= 4 is 11.9 Å². The zero-order chi connectivity index (χ0) is 21.4. The fourth-order valence-corrected chi connectivity index (χ4v) is 3.90. The Morgan fingerprint density at radius 1 is 1.30 bits per heavy atom. The van der Waals surface area contributed by atoms with Crippen molar-refractivity contribution in [1.82, 2.24) is 24.6 Å². The number of halogens is 1. The van der Waals surface area contributed by atoms with Crippen molar-refractivity contribution in [3.8, 4) is 5.88 Å². The summed E-state index contributed by atoms with van der Waals surface area (Å²) in [5.41, 5.74) is 3.09. The van der Waals surface area contributed by atoms with Gasteiger partial charge in [0.2, 0.25) is 5.88 Å². The number of carbonyl (C=O) groups is 1. The maximum atomic E-state index is 14.8. The fourth-order valence-electron chi connectivity index (χ4n) is 3.90. The van der Waals surface area contributed by atoms with E-state index in [0.29, 0.717) is 31.9 Å². The van der Waals surface area contributed by atoms with Crippen LogP contribution in [0.4, 0.5) is 15.0 Å². The second-order valence-electron chi connectivity index (χ2n) is 8.06. The molecule has 4 rings (SSSR count). The van der Waals surface area contributed by atoms with E-state index in [-0.39, 0.29) is 12.6 Å². The molecule has 2 aromatic rings. The molecule has 10 heteroatoms. The third kappa shape index (κ3) is 3.90. The second-order valence-corrected chi connectivity index (χ2v) is 8.06. The number of anilines is 1. The number of hydrogen-bond acceptors (Lipinski definition) is 7. The Bertz CT molecular complexity index is 933. The van der Waals surface area contributed by atoms with Crippen LogP contribution in [-0.4, -0.2) is 62.2 Å². The number of ether oxygens (including phenoxy) is 2. The van der Waals surface area contributed by atoms with Gasteiger partial charge in [0.15, 0.2) is 6.17 Å². The predicted octanol–water partition coefficient (Wildman–Crippen LogP) is 2.37. The van der Waals surface area contributed by atoms with E-state index in [4.69, 9.17) is 9.47 Å². The maximum Gasteiger partial charge on any atom is 0.410 e. The molecule has 0 saturated carbocycles. The van der Waals surface area contributed by atoms with Gasteiger partial charge < -0.3 is 19.3 Å². The van der Waals surface area contributed by atoms with Crippen molar-refractivity contribution in [2.45, 2.75) is 58.7 Å². The summed E-state index contributed by atoms with van der Waals surface area (Å²) in [4.78, 5) is 24.2. The van der Waals surface area contributed by atoms with E-state index in [1.165, 1.54) is 16.8 Å². The average Bonchev–Trinajstić information content (AvgIpc) is 3.26. The third-order valence-corrected chi connectivity index (χ3v) is 5.50. The van der Waals surface area contributed by atoms with Gasteiger partial charge in [0, 0.05) is 32.1 Å². The SMILES string of the molecule is Cc1c(OC2CCN(C(=O)OC(C)C)CC2F)ncnc1N1Cc2cnn(C)c2C1. The summed E-state index contributed by atoms with van der Waals surface area (Å²) >= 11 is 0. The molecule has 0 radical (unpaired) electrons. The van der Waals surface area contributed by atoms with Crippen molar-refractivity contribution < 1.29 is 18.7 Å². The van der Waals surface area contributed by atoms with Crippen LogP contribution < -0.4 is 9.64 Å². The first-order chi connectivity index (χ1) is 14.3. The lowest BCUT2D eigenvalue weighted by atomic mass is 10.1. The molecular weight excluding hydrogens is 391 g/mol. The lowest BCUT2D eigenvalue weighted by Crippen LogP contribution is -2.49. The van der Waals surface area contributed by atoms with Crippen LogP contribution in [0.25, 0.3) is 0 Å². The lowest BCUT2D eigenvalue weighted by Gasteiger charge is -2.34. The van der Waals surface area contributed by atoms with Crippen LogP contribution in [0.5, 0.6) is 5.88 Å². The Kier molecular flexibility index (Phi) is 5.48. The number of aryl methyl sites for hydroxylation is 1. The molecule has 0 bridgehead atoms. The fraction of sp³-hybridized carbons (Fsp3) is 0.600. The number of fused-ring (bicyclic) bond motifs is 1. The summed E-state index contributed by atoms with van der Waals surface area (Å²) in [5, 5.41) is 4.28. The van der Waals surface area contributed by atoms with Gasteiger partial charge in [0.1, 0.15) is 18.2 Å². The molecule has 1 saturated heterocycles. The molecule has 2 unspecified atom stereocenters. The molecule has 4 heterocycles. The molecule has 1 amide bonds. The third-order valence-electron chi connectivity index (χ3n) is 5.50. The Labute approximate surface area is 174 Å². The highest BCUT2D eigenvalue weighted by Crippen LogP contribution is 2.32. The minimum Gasteiger partial charge on any atom is -0.471 e. The van der Waals surface area contributed by atoms with E-state index in [1.807, 2.05) is 24.9 Å². The summed E-state index contributed by atoms with van der Waals surface area (Å²) in [5.74, 6) is 1.14. The van der Waals surface area contributed by atoms with E-state index in [0.717, 1.165) is 17.1 Å². The molecule has 0 aliphatic carbocycles. The van der Waals surface area contributed by atoms with Gasteiger partial charge in [-0.15, -0.1) is 0 Å². The van der Waals surface area contributed by atoms with Gasteiger partial charge in [0.05, 0.1) is 36.6 Å². The lowest BCUT2D eigenvalue weighted by molar-refractivity contribution is 0.00779. The standard InChI is InChI=1S/C20H27FN6O3/c1-12(2)29-20(28)26-6-5-17(15(21)9-26)30-19-13(3)18(22-11-23-19)27-8-14-7-24-25(4)16(14)10-27/h7,11-12,15,17H,5-6,8-10H2,1-4H3. The van der Waals surface area contributed by atoms with Crippen molar-refractivity contribution in [2.75, 3.05) is 18.0 Å². The van der Waals surface area contributed by atoms with Crippen LogP contribution in [0.2, 0.25) is 0 Å². The normalized spacial score (nSPS) is 21.1. The van der Waals surface area contributed by atoms with Crippen molar-refractivity contribution in [3.63, 3.8) is 0 Å². The Hall–Kier alpha value is -2.91. The molecule has 0 aromatic carbocycles. The zero-order valence-electron chi connectivity index (χ0n) is 17.7. The van der Waals surface area contributed by atoms with Gasteiger partial charge in [-0.05, 0) is 20.8 Å². The monoisotopic (exact) mass is 418 g/mol. The number of alkyl halides is 1. The molecule has 2 aliphatic heterocycles. The molecule has 2 aromatic heterocycles. The molecular formula is C20H27FN6O3. The van der Waals surface area contributed by atoms with Crippen LogP contribution in [0.1, 0.15) is 37.1 Å². The van der Waals surface area contributed by atoms with Gasteiger partial charge >= 0.3 is 6.09 Å². The number of amides is 1. The Morgan fingerprint density at radius 3 is 2.80 bits per heavy atom. The minimum atomic E-state index is -1.32. The van der Waals surface area contributed by atoms with Crippen LogP contribution in [-0.2, 0) is 24.9 Å². The largest absolute Gasteiger partial charge is 0.471 e. The van der Waals surface area contributed by atoms with Gasteiger partial charge in [-0.3, -0.25) is 4.68 Å². The average molecular weight is 418 g/mol.